The topological polar surface area (TPSA) is 80.3 Å². The third-order valence-electron chi connectivity index (χ3n) is 2.67. The Morgan fingerprint density at radius 1 is 0.957 bits per heavy atom. The van der Waals surface area contributed by atoms with Crippen molar-refractivity contribution < 1.29 is 33.3 Å². The molecule has 0 saturated carbocycles. The summed E-state index contributed by atoms with van der Waals surface area (Å²) in [6.45, 7) is 4.69. The summed E-state index contributed by atoms with van der Waals surface area (Å²) in [5, 5.41) is 0. The summed E-state index contributed by atoms with van der Waals surface area (Å²) in [6, 6.07) is 3.02. The second-order valence-corrected chi connectivity index (χ2v) is 5.54. The average molecular weight is 326 g/mol. The van der Waals surface area contributed by atoms with Crippen molar-refractivity contribution in [3.8, 4) is 17.2 Å². The third-order valence-corrected chi connectivity index (χ3v) is 2.67. The molecule has 0 spiro atoms. The molecule has 7 nitrogen and oxygen atoms in total. The van der Waals surface area contributed by atoms with Gasteiger partial charge in [0.05, 0.1) is 21.3 Å². The van der Waals surface area contributed by atoms with E-state index in [0.717, 1.165) is 0 Å². The van der Waals surface area contributed by atoms with Crippen LogP contribution in [0.3, 0.4) is 0 Å². The minimum absolute atomic E-state index is 0.119. The molecular formula is C16H22O7. The molecule has 0 aliphatic heterocycles. The van der Waals surface area contributed by atoms with Crippen LogP contribution in [0.1, 0.15) is 31.1 Å². The second-order valence-electron chi connectivity index (χ2n) is 5.54. The van der Waals surface area contributed by atoms with E-state index in [1.54, 1.807) is 26.8 Å². The van der Waals surface area contributed by atoms with E-state index in [2.05, 4.69) is 0 Å². The van der Waals surface area contributed by atoms with Crippen LogP contribution in [0.25, 0.3) is 0 Å². The van der Waals surface area contributed by atoms with E-state index < -0.39 is 24.1 Å². The fraction of sp³-hybridized carbons (Fsp3) is 0.500. The normalized spacial score (nSPS) is 10.7. The van der Waals surface area contributed by atoms with Crippen molar-refractivity contribution in [2.75, 3.05) is 27.9 Å². The van der Waals surface area contributed by atoms with E-state index in [1.807, 2.05) is 0 Å². The van der Waals surface area contributed by atoms with E-state index in [0.29, 0.717) is 5.75 Å². The van der Waals surface area contributed by atoms with E-state index >= 15 is 0 Å². The Bertz CT molecular complexity index is 573. The standard InChI is InChI=1S/C16H22O7/c1-16(2,3)23-12(17)9-22-15(18)10-7-8-11(19-4)14(21-6)13(10)20-5/h7-8H,9H2,1-6H3. The van der Waals surface area contributed by atoms with E-state index in [1.165, 1.54) is 27.4 Å². The molecule has 0 atom stereocenters. The molecule has 0 fully saturated rings. The van der Waals surface area contributed by atoms with Gasteiger partial charge in [-0.05, 0) is 32.9 Å². The molecule has 1 rings (SSSR count). The van der Waals surface area contributed by atoms with Gasteiger partial charge in [0.15, 0.2) is 18.1 Å². The highest BCUT2D eigenvalue weighted by atomic mass is 16.6. The Balaban J connectivity index is 2.90. The number of hydrogen-bond donors (Lipinski definition) is 0. The fourth-order valence-corrected chi connectivity index (χ4v) is 1.84. The van der Waals surface area contributed by atoms with E-state index in [-0.39, 0.29) is 17.1 Å². The van der Waals surface area contributed by atoms with Crippen LogP contribution in [0.15, 0.2) is 12.1 Å². The van der Waals surface area contributed by atoms with Crippen LogP contribution in [-0.2, 0) is 14.3 Å². The number of esters is 2. The maximum absolute atomic E-state index is 12.2. The van der Waals surface area contributed by atoms with Crippen molar-refractivity contribution in [1.82, 2.24) is 0 Å². The molecule has 0 heterocycles. The molecule has 128 valence electrons. The van der Waals surface area contributed by atoms with Crippen LogP contribution < -0.4 is 14.2 Å². The highest BCUT2D eigenvalue weighted by Crippen LogP contribution is 2.39. The van der Waals surface area contributed by atoms with Crippen LogP contribution in [0.4, 0.5) is 0 Å². The lowest BCUT2D eigenvalue weighted by molar-refractivity contribution is -0.158. The molecule has 0 aromatic heterocycles. The SMILES string of the molecule is COc1ccc(C(=O)OCC(=O)OC(C)(C)C)c(OC)c1OC. The molecule has 0 bridgehead atoms. The average Bonchev–Trinajstić information content (AvgIpc) is 2.49. The zero-order valence-electron chi connectivity index (χ0n) is 14.2. The molecule has 7 heteroatoms. The van der Waals surface area contributed by atoms with Crippen molar-refractivity contribution in [2.24, 2.45) is 0 Å². The Kier molecular flexibility index (Phi) is 6.24. The summed E-state index contributed by atoms with van der Waals surface area (Å²) in [4.78, 5) is 23.8. The van der Waals surface area contributed by atoms with Crippen molar-refractivity contribution in [3.05, 3.63) is 17.7 Å². The highest BCUT2D eigenvalue weighted by Gasteiger charge is 2.23. The molecule has 0 amide bonds. The molecule has 0 unspecified atom stereocenters. The lowest BCUT2D eigenvalue weighted by atomic mass is 10.1. The van der Waals surface area contributed by atoms with Crippen molar-refractivity contribution in [2.45, 2.75) is 26.4 Å². The van der Waals surface area contributed by atoms with Gasteiger partial charge < -0.3 is 23.7 Å². The van der Waals surface area contributed by atoms with Crippen LogP contribution in [0.2, 0.25) is 0 Å². The summed E-state index contributed by atoms with van der Waals surface area (Å²) in [5.41, 5.74) is -0.529. The van der Waals surface area contributed by atoms with Gasteiger partial charge in [0, 0.05) is 0 Å². The van der Waals surface area contributed by atoms with Gasteiger partial charge in [-0.3, -0.25) is 0 Å². The number of methoxy groups -OCH3 is 3. The van der Waals surface area contributed by atoms with Crippen LogP contribution in [0.5, 0.6) is 17.2 Å². The van der Waals surface area contributed by atoms with Gasteiger partial charge in [-0.1, -0.05) is 0 Å². The van der Waals surface area contributed by atoms with Gasteiger partial charge in [-0.15, -0.1) is 0 Å². The molecule has 1 aromatic rings. The van der Waals surface area contributed by atoms with Crippen LogP contribution in [-0.4, -0.2) is 45.5 Å². The summed E-state index contributed by atoms with van der Waals surface area (Å²) >= 11 is 0. The first-order valence-corrected chi connectivity index (χ1v) is 6.91. The molecule has 0 aliphatic rings. The maximum atomic E-state index is 12.2. The summed E-state index contributed by atoms with van der Waals surface area (Å²) in [5.74, 6) is -0.519. The zero-order valence-corrected chi connectivity index (χ0v) is 14.2. The van der Waals surface area contributed by atoms with Gasteiger partial charge in [0.25, 0.3) is 0 Å². The predicted molar refractivity (Wildman–Crippen MR) is 82.2 cm³/mol. The zero-order chi connectivity index (χ0) is 17.6. The number of ether oxygens (including phenoxy) is 5. The van der Waals surface area contributed by atoms with Crippen LogP contribution in [0, 0.1) is 0 Å². The summed E-state index contributed by atoms with van der Waals surface area (Å²) < 4.78 is 25.6. The van der Waals surface area contributed by atoms with E-state index in [9.17, 15) is 9.59 Å². The first-order chi connectivity index (χ1) is 10.7. The van der Waals surface area contributed by atoms with Crippen molar-refractivity contribution >= 4 is 11.9 Å². The third kappa shape index (κ3) is 5.05. The Hall–Kier alpha value is -2.44. The molecule has 0 saturated heterocycles. The minimum atomic E-state index is -0.728. The minimum Gasteiger partial charge on any atom is -0.493 e. The predicted octanol–water partition coefficient (Wildman–Crippen LogP) is 2.21. The maximum Gasteiger partial charge on any atom is 0.344 e. The summed E-state index contributed by atoms with van der Waals surface area (Å²) in [7, 11) is 4.29. The number of benzene rings is 1. The lowest BCUT2D eigenvalue weighted by Gasteiger charge is -2.19. The van der Waals surface area contributed by atoms with Crippen molar-refractivity contribution in [3.63, 3.8) is 0 Å². The summed E-state index contributed by atoms with van der Waals surface area (Å²) in [6.07, 6.45) is 0. The van der Waals surface area contributed by atoms with Gasteiger partial charge in [0.2, 0.25) is 5.75 Å². The number of carbonyl (C=O) groups excluding carboxylic acids is 2. The largest absolute Gasteiger partial charge is 0.493 e. The molecular weight excluding hydrogens is 304 g/mol. The monoisotopic (exact) mass is 326 g/mol. The molecule has 23 heavy (non-hydrogen) atoms. The second kappa shape index (κ2) is 7.71. The fourth-order valence-electron chi connectivity index (χ4n) is 1.84. The molecule has 1 aromatic carbocycles. The Morgan fingerprint density at radius 2 is 1.57 bits per heavy atom. The first kappa shape index (κ1) is 18.6. The van der Waals surface area contributed by atoms with Gasteiger partial charge in [-0.2, -0.15) is 0 Å². The van der Waals surface area contributed by atoms with Gasteiger partial charge in [0.1, 0.15) is 11.2 Å². The molecule has 0 aliphatic carbocycles. The molecule has 0 N–H and O–H groups in total. The van der Waals surface area contributed by atoms with Crippen molar-refractivity contribution in [1.29, 1.82) is 0 Å². The Labute approximate surface area is 135 Å². The first-order valence-electron chi connectivity index (χ1n) is 6.91. The molecule has 0 radical (unpaired) electrons. The van der Waals surface area contributed by atoms with Gasteiger partial charge in [-0.25, -0.2) is 9.59 Å². The smallest absolute Gasteiger partial charge is 0.344 e. The lowest BCUT2D eigenvalue weighted by Crippen LogP contribution is -2.27. The number of carbonyl (C=O) groups is 2. The van der Waals surface area contributed by atoms with Gasteiger partial charge >= 0.3 is 11.9 Å². The Morgan fingerprint density at radius 3 is 2.04 bits per heavy atom. The highest BCUT2D eigenvalue weighted by molar-refractivity contribution is 5.95. The van der Waals surface area contributed by atoms with E-state index in [4.69, 9.17) is 23.7 Å². The van der Waals surface area contributed by atoms with Crippen LogP contribution >= 0.6 is 0 Å². The quantitative estimate of drug-likeness (QED) is 0.741. The number of hydrogen-bond acceptors (Lipinski definition) is 7. The number of rotatable bonds is 6.